The molecule has 1 aliphatic rings. The summed E-state index contributed by atoms with van der Waals surface area (Å²) in [4.78, 5) is 41.9. The summed E-state index contributed by atoms with van der Waals surface area (Å²) in [5, 5.41) is 3.67. The van der Waals surface area contributed by atoms with Crippen LogP contribution in [0.2, 0.25) is 0 Å². The number of nitrogens with zero attached hydrogens (tertiary/aromatic N) is 2. The summed E-state index contributed by atoms with van der Waals surface area (Å²) in [6, 6.07) is 9.32. The number of alkyl halides is 2. The second-order valence-electron chi connectivity index (χ2n) is 10.1. The number of likely N-dealkylation sites (tertiary alicyclic amines) is 1. The van der Waals surface area contributed by atoms with Crippen molar-refractivity contribution < 1.29 is 23.1 Å². The Balaban J connectivity index is 1.58. The zero-order valence-corrected chi connectivity index (χ0v) is 22.4. The summed E-state index contributed by atoms with van der Waals surface area (Å²) >= 11 is 0. The maximum atomic E-state index is 13.5. The molecule has 8 nitrogen and oxygen atoms in total. The van der Waals surface area contributed by atoms with Gasteiger partial charge in [0, 0.05) is 48.3 Å². The van der Waals surface area contributed by atoms with Gasteiger partial charge in [0.2, 0.25) is 0 Å². The fraction of sp³-hybridized carbons (Fsp3) is 0.464. The van der Waals surface area contributed by atoms with Crippen LogP contribution in [0.1, 0.15) is 60.0 Å². The highest BCUT2D eigenvalue weighted by Gasteiger charge is 2.39. The molecule has 4 rings (SSSR count). The van der Waals surface area contributed by atoms with Gasteiger partial charge in [0.1, 0.15) is 5.75 Å². The molecule has 0 saturated carbocycles. The first-order valence-corrected chi connectivity index (χ1v) is 12.8. The number of fused-ring (bicyclic) bond motifs is 1. The van der Waals surface area contributed by atoms with E-state index in [1.807, 2.05) is 31.2 Å². The van der Waals surface area contributed by atoms with Crippen LogP contribution in [0, 0.1) is 19.8 Å². The lowest BCUT2D eigenvalue weighted by Crippen LogP contribution is -2.46. The van der Waals surface area contributed by atoms with Crippen molar-refractivity contribution in [2.45, 2.75) is 59.0 Å². The van der Waals surface area contributed by atoms with Gasteiger partial charge in [0.25, 0.3) is 17.4 Å². The van der Waals surface area contributed by atoms with Crippen molar-refractivity contribution in [2.75, 3.05) is 20.2 Å². The maximum absolute atomic E-state index is 13.5. The molecule has 1 atom stereocenters. The number of benzene rings is 1. The van der Waals surface area contributed by atoms with E-state index >= 15 is 0 Å². The Hall–Kier alpha value is -3.69. The topological polar surface area (TPSA) is 96.4 Å². The highest BCUT2D eigenvalue weighted by atomic mass is 19.3. The maximum Gasteiger partial charge on any atom is 0.322 e. The Labute approximate surface area is 220 Å². The molecule has 1 fully saturated rings. The minimum atomic E-state index is -3.37. The molecule has 1 aliphatic heterocycles. The van der Waals surface area contributed by atoms with Crippen LogP contribution < -0.4 is 15.6 Å². The molecular weight excluding hydrogens is 494 g/mol. The third-order valence-corrected chi connectivity index (χ3v) is 7.55. The Kier molecular flexibility index (Phi) is 7.62. The van der Waals surface area contributed by atoms with Gasteiger partial charge in [-0.1, -0.05) is 18.2 Å². The van der Waals surface area contributed by atoms with Gasteiger partial charge in [0.05, 0.1) is 24.8 Å². The molecular formula is C28H34F2N4O4. The summed E-state index contributed by atoms with van der Waals surface area (Å²) in [6.07, 6.45) is 1.18. The van der Waals surface area contributed by atoms with Crippen LogP contribution in [0.15, 0.2) is 35.1 Å². The molecule has 0 radical (unpaired) electrons. The molecule has 204 valence electrons. The number of hydrogen-bond acceptors (Lipinski definition) is 4. The SMILES string of the molecule is COc1cc(C)[nH]c(=O)c1CNC(=O)c1c(C)n([C@H](C)C2CCN(C(=O)C(C)(F)F)CC2)c2ccccc12. The Morgan fingerprint density at radius 3 is 2.50 bits per heavy atom. The fourth-order valence-electron chi connectivity index (χ4n) is 5.57. The van der Waals surface area contributed by atoms with Crippen LogP contribution in [-0.2, 0) is 11.3 Å². The van der Waals surface area contributed by atoms with Gasteiger partial charge < -0.3 is 24.5 Å². The molecule has 2 amide bonds. The van der Waals surface area contributed by atoms with E-state index in [9.17, 15) is 23.2 Å². The molecule has 0 spiro atoms. The molecule has 1 saturated heterocycles. The number of piperidine rings is 1. The van der Waals surface area contributed by atoms with Crippen molar-refractivity contribution in [3.05, 3.63) is 63.2 Å². The van der Waals surface area contributed by atoms with Gasteiger partial charge in [0.15, 0.2) is 0 Å². The van der Waals surface area contributed by atoms with E-state index in [2.05, 4.69) is 21.8 Å². The van der Waals surface area contributed by atoms with E-state index < -0.39 is 11.8 Å². The van der Waals surface area contributed by atoms with Crippen LogP contribution in [0.4, 0.5) is 8.78 Å². The Bertz CT molecular complexity index is 1410. The van der Waals surface area contributed by atoms with Crippen molar-refractivity contribution in [1.29, 1.82) is 0 Å². The molecule has 2 N–H and O–H groups in total. The van der Waals surface area contributed by atoms with Gasteiger partial charge >= 0.3 is 5.92 Å². The van der Waals surface area contributed by atoms with E-state index in [1.165, 1.54) is 12.0 Å². The standard InChI is InChI=1S/C28H34F2N4O4/c1-16-14-23(38-5)21(25(35)32-16)15-31-26(36)24-18(3)34(22-9-7-6-8-20(22)24)17(2)19-10-12-33(13-11-19)27(37)28(4,29)30/h6-9,14,17,19H,10-13,15H2,1-5H3,(H,31,36)(H,32,35)/t17-/m1/s1. The molecule has 0 aliphatic carbocycles. The van der Waals surface area contributed by atoms with Crippen molar-refractivity contribution in [3.63, 3.8) is 0 Å². The number of aromatic amines is 1. The molecule has 10 heteroatoms. The zero-order chi connectivity index (χ0) is 27.8. The quantitative estimate of drug-likeness (QED) is 0.477. The first kappa shape index (κ1) is 27.3. The number of para-hydroxylation sites is 1. The minimum Gasteiger partial charge on any atom is -0.496 e. The number of nitrogens with one attached hydrogen (secondary N) is 2. The number of rotatable bonds is 7. The number of pyridine rings is 1. The molecule has 2 aromatic heterocycles. The van der Waals surface area contributed by atoms with Crippen molar-refractivity contribution >= 4 is 22.7 Å². The average Bonchev–Trinajstić information content (AvgIpc) is 3.17. The first-order chi connectivity index (χ1) is 17.9. The third kappa shape index (κ3) is 5.16. The lowest BCUT2D eigenvalue weighted by Gasteiger charge is -2.37. The molecule has 3 heterocycles. The van der Waals surface area contributed by atoms with Gasteiger partial charge in [-0.3, -0.25) is 14.4 Å². The molecule has 3 aromatic rings. The molecule has 38 heavy (non-hydrogen) atoms. The number of methoxy groups -OCH3 is 1. The number of aromatic nitrogens is 2. The second-order valence-corrected chi connectivity index (χ2v) is 10.1. The third-order valence-electron chi connectivity index (χ3n) is 7.55. The van der Waals surface area contributed by atoms with E-state index in [-0.39, 0.29) is 43.1 Å². The van der Waals surface area contributed by atoms with Gasteiger partial charge in [-0.25, -0.2) is 0 Å². The summed E-state index contributed by atoms with van der Waals surface area (Å²) in [5.41, 5.74) is 2.87. The molecule has 1 aromatic carbocycles. The Morgan fingerprint density at radius 1 is 1.21 bits per heavy atom. The Morgan fingerprint density at radius 2 is 1.87 bits per heavy atom. The summed E-state index contributed by atoms with van der Waals surface area (Å²) in [7, 11) is 1.48. The van der Waals surface area contributed by atoms with Gasteiger partial charge in [-0.15, -0.1) is 0 Å². The van der Waals surface area contributed by atoms with Crippen molar-refractivity contribution in [3.8, 4) is 5.75 Å². The van der Waals surface area contributed by atoms with Crippen LogP contribution in [0.5, 0.6) is 5.75 Å². The number of carbonyl (C=O) groups is 2. The number of halogens is 2. The van der Waals surface area contributed by atoms with Gasteiger partial charge in [-0.2, -0.15) is 8.78 Å². The largest absolute Gasteiger partial charge is 0.496 e. The van der Waals surface area contributed by atoms with E-state index in [1.54, 1.807) is 13.0 Å². The molecule has 0 bridgehead atoms. The normalized spacial score (nSPS) is 15.5. The molecule has 0 unspecified atom stereocenters. The predicted octanol–water partition coefficient (Wildman–Crippen LogP) is 4.34. The minimum absolute atomic E-state index is 0.000666. The van der Waals surface area contributed by atoms with Crippen molar-refractivity contribution in [2.24, 2.45) is 5.92 Å². The van der Waals surface area contributed by atoms with E-state index in [0.29, 0.717) is 42.3 Å². The summed E-state index contributed by atoms with van der Waals surface area (Å²) in [6.45, 7) is 6.89. The first-order valence-electron chi connectivity index (χ1n) is 12.8. The van der Waals surface area contributed by atoms with Crippen LogP contribution in [-0.4, -0.2) is 52.4 Å². The van der Waals surface area contributed by atoms with E-state index in [4.69, 9.17) is 4.74 Å². The van der Waals surface area contributed by atoms with Crippen LogP contribution in [0.3, 0.4) is 0 Å². The zero-order valence-electron chi connectivity index (χ0n) is 22.4. The highest BCUT2D eigenvalue weighted by Crippen LogP contribution is 2.36. The number of H-pyrrole nitrogens is 1. The number of ether oxygens (including phenoxy) is 1. The van der Waals surface area contributed by atoms with E-state index in [0.717, 1.165) is 16.6 Å². The second kappa shape index (κ2) is 10.6. The van der Waals surface area contributed by atoms with Crippen LogP contribution >= 0.6 is 0 Å². The smallest absolute Gasteiger partial charge is 0.322 e. The summed E-state index contributed by atoms with van der Waals surface area (Å²) in [5.74, 6) is -4.26. The highest BCUT2D eigenvalue weighted by molar-refractivity contribution is 6.08. The van der Waals surface area contributed by atoms with Crippen LogP contribution in [0.25, 0.3) is 10.9 Å². The number of carbonyl (C=O) groups excluding carboxylic acids is 2. The lowest BCUT2D eigenvalue weighted by molar-refractivity contribution is -0.156. The number of amides is 2. The summed E-state index contributed by atoms with van der Waals surface area (Å²) < 4.78 is 34.5. The predicted molar refractivity (Wildman–Crippen MR) is 141 cm³/mol. The monoisotopic (exact) mass is 528 g/mol. The fourth-order valence-corrected chi connectivity index (χ4v) is 5.57. The number of hydrogen-bond donors (Lipinski definition) is 2. The lowest BCUT2D eigenvalue weighted by atomic mass is 9.89. The van der Waals surface area contributed by atoms with Gasteiger partial charge in [-0.05, 0) is 51.7 Å². The number of aryl methyl sites for hydroxylation is 1. The average molecular weight is 529 g/mol. The van der Waals surface area contributed by atoms with Crippen molar-refractivity contribution in [1.82, 2.24) is 19.8 Å².